The lowest BCUT2D eigenvalue weighted by atomic mass is 10.2. The maximum absolute atomic E-state index is 12.8. The van der Waals surface area contributed by atoms with E-state index in [0.29, 0.717) is 17.4 Å². The van der Waals surface area contributed by atoms with E-state index < -0.39 is 5.91 Å². The van der Waals surface area contributed by atoms with Crippen LogP contribution < -0.4 is 10.9 Å². The van der Waals surface area contributed by atoms with E-state index in [0.717, 1.165) is 54.0 Å². The van der Waals surface area contributed by atoms with Gasteiger partial charge in [0.25, 0.3) is 11.5 Å². The number of carbonyl (C=O) groups is 1. The zero-order chi connectivity index (χ0) is 20.9. The molecule has 2 N–H and O–H groups in total. The molecule has 6 rings (SSSR count). The first-order valence-corrected chi connectivity index (χ1v) is 11.1. The van der Waals surface area contributed by atoms with E-state index in [-0.39, 0.29) is 17.2 Å². The van der Waals surface area contributed by atoms with Crippen LogP contribution in [0.15, 0.2) is 39.0 Å². The van der Waals surface area contributed by atoms with E-state index in [2.05, 4.69) is 25.5 Å². The van der Waals surface area contributed by atoms with Gasteiger partial charge in [-0.25, -0.2) is 4.98 Å². The van der Waals surface area contributed by atoms with Gasteiger partial charge in [0.2, 0.25) is 5.95 Å². The van der Waals surface area contributed by atoms with E-state index in [9.17, 15) is 9.59 Å². The topological polar surface area (TPSA) is 119 Å². The Morgan fingerprint density at radius 2 is 2.19 bits per heavy atom. The third-order valence-corrected chi connectivity index (χ3v) is 6.49. The van der Waals surface area contributed by atoms with Gasteiger partial charge in [0.1, 0.15) is 17.3 Å². The summed E-state index contributed by atoms with van der Waals surface area (Å²) in [4.78, 5) is 33.7. The molecule has 0 aromatic carbocycles. The van der Waals surface area contributed by atoms with Crippen LogP contribution in [0.5, 0.6) is 0 Å². The molecule has 4 aromatic heterocycles. The molecule has 0 radical (unpaired) electrons. The molecule has 31 heavy (non-hydrogen) atoms. The third-order valence-electron chi connectivity index (χ3n) is 5.59. The zero-order valence-electron chi connectivity index (χ0n) is 16.4. The summed E-state index contributed by atoms with van der Waals surface area (Å²) < 4.78 is 6.77. The molecule has 4 heterocycles. The van der Waals surface area contributed by atoms with Gasteiger partial charge in [-0.05, 0) is 43.6 Å². The second-order valence-corrected chi connectivity index (χ2v) is 8.76. The van der Waals surface area contributed by atoms with Crippen molar-refractivity contribution in [1.82, 2.24) is 24.9 Å². The second kappa shape index (κ2) is 7.02. The first kappa shape index (κ1) is 18.3. The van der Waals surface area contributed by atoms with E-state index >= 15 is 0 Å². The van der Waals surface area contributed by atoms with Crippen molar-refractivity contribution in [3.05, 3.63) is 62.7 Å². The number of fused-ring (bicyclic) bond motifs is 1. The summed E-state index contributed by atoms with van der Waals surface area (Å²) in [7, 11) is 0. The number of nitrogens with one attached hydrogen (secondary N) is 2. The molecule has 4 aromatic rings. The summed E-state index contributed by atoms with van der Waals surface area (Å²) in [5, 5.41) is 13.3. The summed E-state index contributed by atoms with van der Waals surface area (Å²) in [6.45, 7) is 0. The lowest BCUT2D eigenvalue weighted by Crippen LogP contribution is -2.21. The average Bonchev–Trinajstić information content (AvgIpc) is 3.26. The number of amides is 1. The molecule has 1 fully saturated rings. The van der Waals surface area contributed by atoms with Gasteiger partial charge in [0, 0.05) is 23.6 Å². The van der Waals surface area contributed by atoms with Crippen LogP contribution in [0, 0.1) is 0 Å². The number of hydrogen-bond donors (Lipinski definition) is 2. The van der Waals surface area contributed by atoms with Crippen LogP contribution in [-0.2, 0) is 12.8 Å². The van der Waals surface area contributed by atoms with Crippen molar-refractivity contribution in [2.75, 3.05) is 5.32 Å². The van der Waals surface area contributed by atoms with E-state index in [4.69, 9.17) is 4.52 Å². The first-order chi connectivity index (χ1) is 15.2. The Bertz CT molecular complexity index is 1350. The number of rotatable bonds is 5. The Hall–Kier alpha value is -3.53. The minimum absolute atomic E-state index is 0.159. The molecule has 1 amide bonds. The quantitative estimate of drug-likeness (QED) is 0.498. The summed E-state index contributed by atoms with van der Waals surface area (Å²) in [6, 6.07) is 7.32. The van der Waals surface area contributed by atoms with Crippen molar-refractivity contribution >= 4 is 23.1 Å². The highest BCUT2D eigenvalue weighted by atomic mass is 32.1. The molecule has 0 saturated heterocycles. The largest absolute Gasteiger partial charge is 0.360 e. The average molecular weight is 434 g/mol. The fourth-order valence-electron chi connectivity index (χ4n) is 3.84. The highest BCUT2D eigenvalue weighted by molar-refractivity contribution is 7.13. The van der Waals surface area contributed by atoms with Crippen LogP contribution in [0.25, 0.3) is 16.5 Å². The molecule has 156 valence electrons. The van der Waals surface area contributed by atoms with Crippen LogP contribution in [-0.4, -0.2) is 30.8 Å². The predicted molar refractivity (Wildman–Crippen MR) is 114 cm³/mol. The van der Waals surface area contributed by atoms with E-state index in [1.807, 2.05) is 17.5 Å². The van der Waals surface area contributed by atoms with Gasteiger partial charge < -0.3 is 9.84 Å². The highest BCUT2D eigenvalue weighted by Gasteiger charge is 2.29. The Morgan fingerprint density at radius 3 is 3.00 bits per heavy atom. The number of H-pyrrole nitrogens is 1. The van der Waals surface area contributed by atoms with Gasteiger partial charge in [-0.1, -0.05) is 11.2 Å². The molecule has 0 atom stereocenters. The van der Waals surface area contributed by atoms with Crippen molar-refractivity contribution in [3.8, 4) is 16.5 Å². The molecule has 2 aliphatic rings. The van der Waals surface area contributed by atoms with Crippen LogP contribution in [0.3, 0.4) is 0 Å². The summed E-state index contributed by atoms with van der Waals surface area (Å²) in [5.41, 5.74) is 2.24. The second-order valence-electron chi connectivity index (χ2n) is 7.82. The molecule has 0 unspecified atom stereocenters. The van der Waals surface area contributed by atoms with Crippen LogP contribution in [0.1, 0.15) is 52.7 Å². The van der Waals surface area contributed by atoms with Crippen molar-refractivity contribution < 1.29 is 9.32 Å². The molecule has 10 heteroatoms. The minimum atomic E-state index is -0.405. The Morgan fingerprint density at radius 1 is 1.29 bits per heavy atom. The third kappa shape index (κ3) is 3.28. The normalized spacial score (nSPS) is 15.2. The number of aromatic nitrogens is 5. The number of aromatic amines is 1. The first-order valence-electron chi connectivity index (χ1n) is 10.2. The number of aryl methyl sites for hydroxylation is 1. The minimum Gasteiger partial charge on any atom is -0.360 e. The molecule has 0 spiro atoms. The maximum Gasteiger partial charge on any atom is 0.279 e. The predicted octanol–water partition coefficient (Wildman–Crippen LogP) is 3.29. The van der Waals surface area contributed by atoms with E-state index in [1.165, 1.54) is 16.0 Å². The monoisotopic (exact) mass is 434 g/mol. The number of carbonyl (C=O) groups excluding carboxylic acids is 1. The smallest absolute Gasteiger partial charge is 0.279 e. The van der Waals surface area contributed by atoms with Crippen LogP contribution in [0.4, 0.5) is 5.82 Å². The van der Waals surface area contributed by atoms with Gasteiger partial charge in [0.15, 0.2) is 5.69 Å². The van der Waals surface area contributed by atoms with Gasteiger partial charge in [-0.2, -0.15) is 9.78 Å². The number of nitrogens with zero attached hydrogens (tertiary/aromatic N) is 4. The molecule has 1 saturated carbocycles. The van der Waals surface area contributed by atoms with E-state index in [1.54, 1.807) is 12.1 Å². The molecule has 2 aliphatic carbocycles. The maximum atomic E-state index is 12.8. The van der Waals surface area contributed by atoms with Gasteiger partial charge in [-0.15, -0.1) is 11.3 Å². The fraction of sp³-hybridized carbons (Fsp3) is 0.286. The SMILES string of the molecule is O=C(Nc1cc(-c2cccs2)nn1-c1nc2c(c(=O)[nH]1)CCC2)c1cc(C2CC2)on1. The number of hydrogen-bond acceptors (Lipinski definition) is 7. The Balaban J connectivity index is 1.39. The molecule has 9 nitrogen and oxygen atoms in total. The van der Waals surface area contributed by atoms with Crippen LogP contribution >= 0.6 is 11.3 Å². The van der Waals surface area contributed by atoms with Gasteiger partial charge >= 0.3 is 0 Å². The standard InChI is InChI=1S/C21H18N6O3S/c28-19-12-3-1-4-13(12)22-21(24-19)27-18(10-14(25-27)17-5-2-8-31-17)23-20(29)15-9-16(30-26-15)11-6-7-11/h2,5,8-11H,1,3-4,6-7H2,(H,23,29)(H,22,24,28). The molecular formula is C21H18N6O3S. The Labute approximate surface area is 180 Å². The van der Waals surface area contributed by atoms with Gasteiger partial charge in [-0.3, -0.25) is 14.6 Å². The Kier molecular flexibility index (Phi) is 4.13. The summed E-state index contributed by atoms with van der Waals surface area (Å²) in [6.07, 6.45) is 4.52. The molecular weight excluding hydrogens is 416 g/mol. The van der Waals surface area contributed by atoms with Crippen molar-refractivity contribution in [2.24, 2.45) is 0 Å². The molecule has 0 bridgehead atoms. The summed E-state index contributed by atoms with van der Waals surface area (Å²) in [5.74, 6) is 1.37. The fourth-order valence-corrected chi connectivity index (χ4v) is 4.52. The van der Waals surface area contributed by atoms with Crippen molar-refractivity contribution in [1.29, 1.82) is 0 Å². The zero-order valence-corrected chi connectivity index (χ0v) is 17.2. The summed E-state index contributed by atoms with van der Waals surface area (Å²) >= 11 is 1.54. The lowest BCUT2D eigenvalue weighted by Gasteiger charge is -2.08. The number of anilines is 1. The van der Waals surface area contributed by atoms with Crippen molar-refractivity contribution in [3.63, 3.8) is 0 Å². The highest BCUT2D eigenvalue weighted by Crippen LogP contribution is 2.40. The van der Waals surface area contributed by atoms with Gasteiger partial charge in [0.05, 0.1) is 10.6 Å². The lowest BCUT2D eigenvalue weighted by molar-refractivity contribution is 0.101. The number of thiophene rings is 1. The van der Waals surface area contributed by atoms with Crippen LogP contribution in [0.2, 0.25) is 0 Å². The molecule has 0 aliphatic heterocycles. The van der Waals surface area contributed by atoms with Crippen molar-refractivity contribution in [2.45, 2.75) is 38.0 Å².